The van der Waals surface area contributed by atoms with Crippen molar-refractivity contribution in [1.29, 1.82) is 0 Å². The third kappa shape index (κ3) is 3.62. The molecule has 1 aliphatic rings. The zero-order valence-corrected chi connectivity index (χ0v) is 19.4. The molecular weight excluding hydrogens is 424 g/mol. The lowest BCUT2D eigenvalue weighted by Crippen LogP contribution is -2.30. The van der Waals surface area contributed by atoms with Crippen molar-refractivity contribution in [2.75, 3.05) is 29.9 Å². The SMILES string of the molecule is COc1ccc(S(=O)(=O)N2CCc3ccccc32)cc1C(=O)N(C)c1cccc(C)c1C. The number of carbonyl (C=O) groups is 1. The molecule has 1 amide bonds. The fraction of sp³-hybridized carbons (Fsp3) is 0.240. The number of aryl methyl sites for hydroxylation is 1. The van der Waals surface area contributed by atoms with Gasteiger partial charge in [-0.2, -0.15) is 0 Å². The Kier molecular flexibility index (Phi) is 5.69. The Labute approximate surface area is 189 Å². The average Bonchev–Trinajstić information content (AvgIpc) is 3.24. The van der Waals surface area contributed by atoms with Crippen LogP contribution in [0.4, 0.5) is 11.4 Å². The molecule has 0 spiro atoms. The molecule has 32 heavy (non-hydrogen) atoms. The van der Waals surface area contributed by atoms with Gasteiger partial charge in [-0.1, -0.05) is 30.3 Å². The first-order chi connectivity index (χ1) is 15.3. The zero-order chi connectivity index (χ0) is 23.0. The molecule has 0 atom stereocenters. The van der Waals surface area contributed by atoms with E-state index in [1.165, 1.54) is 28.4 Å². The molecular formula is C25H26N2O4S. The zero-order valence-electron chi connectivity index (χ0n) is 18.6. The van der Waals surface area contributed by atoms with Gasteiger partial charge in [0.15, 0.2) is 0 Å². The van der Waals surface area contributed by atoms with Gasteiger partial charge in [0.05, 0.1) is 23.3 Å². The number of sulfonamides is 1. The van der Waals surface area contributed by atoms with Crippen molar-refractivity contribution in [3.8, 4) is 5.75 Å². The van der Waals surface area contributed by atoms with Crippen LogP contribution in [0.15, 0.2) is 65.6 Å². The fourth-order valence-electron chi connectivity index (χ4n) is 4.09. The van der Waals surface area contributed by atoms with Crippen molar-refractivity contribution in [1.82, 2.24) is 0 Å². The van der Waals surface area contributed by atoms with Gasteiger partial charge in [-0.05, 0) is 67.3 Å². The van der Waals surface area contributed by atoms with Crippen LogP contribution >= 0.6 is 0 Å². The van der Waals surface area contributed by atoms with Crippen LogP contribution in [0, 0.1) is 13.8 Å². The van der Waals surface area contributed by atoms with Crippen LogP contribution < -0.4 is 13.9 Å². The molecule has 7 heteroatoms. The number of para-hydroxylation sites is 1. The smallest absolute Gasteiger partial charge is 0.264 e. The Bertz CT molecular complexity index is 1300. The normalized spacial score (nSPS) is 13.1. The predicted molar refractivity (Wildman–Crippen MR) is 126 cm³/mol. The summed E-state index contributed by atoms with van der Waals surface area (Å²) in [5.74, 6) is -0.0117. The number of amides is 1. The van der Waals surface area contributed by atoms with E-state index >= 15 is 0 Å². The van der Waals surface area contributed by atoms with Crippen LogP contribution in [0.2, 0.25) is 0 Å². The highest BCUT2D eigenvalue weighted by molar-refractivity contribution is 7.92. The standard InChI is InChI=1S/C25H26N2O4S/c1-17-8-7-11-22(18(17)2)26(3)25(28)21-16-20(12-13-24(21)31-4)32(29,30)27-15-14-19-9-5-6-10-23(19)27/h5-13,16H,14-15H2,1-4H3. The molecule has 0 saturated carbocycles. The molecule has 4 rings (SSSR count). The highest BCUT2D eigenvalue weighted by Crippen LogP contribution is 2.34. The first-order valence-electron chi connectivity index (χ1n) is 10.4. The number of anilines is 2. The molecule has 3 aromatic rings. The number of carbonyl (C=O) groups excluding carboxylic acids is 1. The molecule has 0 bridgehead atoms. The molecule has 0 saturated heterocycles. The van der Waals surface area contributed by atoms with Crippen LogP contribution in [-0.2, 0) is 16.4 Å². The summed E-state index contributed by atoms with van der Waals surface area (Å²) in [6.07, 6.45) is 0.659. The molecule has 0 aromatic heterocycles. The molecule has 0 N–H and O–H groups in total. The topological polar surface area (TPSA) is 66.9 Å². The van der Waals surface area contributed by atoms with E-state index in [0.717, 1.165) is 22.4 Å². The fourth-order valence-corrected chi connectivity index (χ4v) is 5.62. The second kappa shape index (κ2) is 8.31. The van der Waals surface area contributed by atoms with Crippen molar-refractivity contribution in [2.24, 2.45) is 0 Å². The molecule has 0 unspecified atom stereocenters. The van der Waals surface area contributed by atoms with Crippen LogP contribution in [0.3, 0.4) is 0 Å². The van der Waals surface area contributed by atoms with E-state index in [1.54, 1.807) is 13.1 Å². The lowest BCUT2D eigenvalue weighted by atomic mass is 10.1. The molecule has 166 valence electrons. The average molecular weight is 451 g/mol. The molecule has 0 fully saturated rings. The lowest BCUT2D eigenvalue weighted by molar-refractivity contribution is 0.0989. The van der Waals surface area contributed by atoms with Gasteiger partial charge in [-0.15, -0.1) is 0 Å². The number of hydrogen-bond acceptors (Lipinski definition) is 4. The summed E-state index contributed by atoms with van der Waals surface area (Å²) < 4.78 is 33.8. The summed E-state index contributed by atoms with van der Waals surface area (Å²) in [5.41, 5.74) is 4.69. The van der Waals surface area contributed by atoms with Crippen molar-refractivity contribution in [3.05, 3.63) is 82.9 Å². The van der Waals surface area contributed by atoms with Gasteiger partial charge in [0.25, 0.3) is 15.9 Å². The minimum absolute atomic E-state index is 0.0627. The van der Waals surface area contributed by atoms with Gasteiger partial charge in [-0.3, -0.25) is 9.10 Å². The monoisotopic (exact) mass is 450 g/mol. The first-order valence-corrected chi connectivity index (χ1v) is 11.8. The van der Waals surface area contributed by atoms with E-state index in [2.05, 4.69) is 0 Å². The maximum Gasteiger partial charge on any atom is 0.264 e. The van der Waals surface area contributed by atoms with E-state index in [-0.39, 0.29) is 16.4 Å². The maximum atomic E-state index is 13.5. The van der Waals surface area contributed by atoms with Gasteiger partial charge in [0.1, 0.15) is 5.75 Å². The van der Waals surface area contributed by atoms with E-state index in [9.17, 15) is 13.2 Å². The highest BCUT2D eigenvalue weighted by atomic mass is 32.2. The Hall–Kier alpha value is -3.32. The van der Waals surface area contributed by atoms with E-state index in [0.29, 0.717) is 24.4 Å². The minimum atomic E-state index is -3.83. The molecule has 1 aliphatic heterocycles. The Morgan fingerprint density at radius 3 is 2.53 bits per heavy atom. The van der Waals surface area contributed by atoms with Crippen LogP contribution in [0.5, 0.6) is 5.75 Å². The molecule has 1 heterocycles. The van der Waals surface area contributed by atoms with Crippen LogP contribution in [0.25, 0.3) is 0 Å². The van der Waals surface area contributed by atoms with Gasteiger partial charge in [0, 0.05) is 19.3 Å². The summed E-state index contributed by atoms with van der Waals surface area (Å²) in [4.78, 5) is 15.0. The first kappa shape index (κ1) is 21.9. The summed E-state index contributed by atoms with van der Waals surface area (Å²) in [6, 6.07) is 17.7. The van der Waals surface area contributed by atoms with Crippen LogP contribution in [-0.4, -0.2) is 35.0 Å². The Balaban J connectivity index is 1.75. The number of nitrogens with zero attached hydrogens (tertiary/aromatic N) is 2. The summed E-state index contributed by atoms with van der Waals surface area (Å²) in [7, 11) is -0.682. The summed E-state index contributed by atoms with van der Waals surface area (Å²) in [5, 5.41) is 0. The van der Waals surface area contributed by atoms with E-state index in [1.807, 2.05) is 56.3 Å². The van der Waals surface area contributed by atoms with Gasteiger partial charge in [0.2, 0.25) is 0 Å². The summed E-state index contributed by atoms with van der Waals surface area (Å²) in [6.45, 7) is 4.32. The number of hydrogen-bond donors (Lipinski definition) is 0. The molecule has 0 radical (unpaired) electrons. The van der Waals surface area contributed by atoms with Crippen molar-refractivity contribution in [2.45, 2.75) is 25.2 Å². The number of rotatable bonds is 5. The Morgan fingerprint density at radius 2 is 1.78 bits per heavy atom. The minimum Gasteiger partial charge on any atom is -0.496 e. The van der Waals surface area contributed by atoms with Crippen molar-refractivity contribution >= 4 is 27.3 Å². The second-order valence-corrected chi connectivity index (χ2v) is 9.76. The van der Waals surface area contributed by atoms with E-state index < -0.39 is 10.0 Å². The largest absolute Gasteiger partial charge is 0.496 e. The van der Waals surface area contributed by atoms with Crippen LogP contribution in [0.1, 0.15) is 27.0 Å². The molecule has 0 aliphatic carbocycles. The van der Waals surface area contributed by atoms with Gasteiger partial charge < -0.3 is 9.64 Å². The highest BCUT2D eigenvalue weighted by Gasteiger charge is 2.32. The number of fused-ring (bicyclic) bond motifs is 1. The predicted octanol–water partition coefficient (Wildman–Crippen LogP) is 4.34. The number of methoxy groups -OCH3 is 1. The number of ether oxygens (including phenoxy) is 1. The lowest BCUT2D eigenvalue weighted by Gasteiger charge is -2.23. The van der Waals surface area contributed by atoms with E-state index in [4.69, 9.17) is 4.74 Å². The molecule has 6 nitrogen and oxygen atoms in total. The van der Waals surface area contributed by atoms with Gasteiger partial charge >= 0.3 is 0 Å². The van der Waals surface area contributed by atoms with Gasteiger partial charge in [-0.25, -0.2) is 8.42 Å². The maximum absolute atomic E-state index is 13.5. The molecule has 3 aromatic carbocycles. The second-order valence-electron chi connectivity index (χ2n) is 7.90. The van der Waals surface area contributed by atoms with Crippen molar-refractivity contribution < 1.29 is 17.9 Å². The quantitative estimate of drug-likeness (QED) is 0.580. The third-order valence-electron chi connectivity index (χ3n) is 6.08. The third-order valence-corrected chi connectivity index (χ3v) is 7.89. The number of benzene rings is 3. The van der Waals surface area contributed by atoms with Crippen molar-refractivity contribution in [3.63, 3.8) is 0 Å². The summed E-state index contributed by atoms with van der Waals surface area (Å²) >= 11 is 0. The Morgan fingerprint density at radius 1 is 1.03 bits per heavy atom.